The molecule has 0 saturated carbocycles. The second kappa shape index (κ2) is 4.86. The summed E-state index contributed by atoms with van der Waals surface area (Å²) in [5, 5.41) is 28.4. The summed E-state index contributed by atoms with van der Waals surface area (Å²) in [6, 6.07) is 1.74. The van der Waals surface area contributed by atoms with Crippen LogP contribution in [0, 0.1) is 24.2 Å². The number of nitrogens with zero attached hydrogens (tertiary/aromatic N) is 2. The van der Waals surface area contributed by atoms with Crippen molar-refractivity contribution in [1.29, 1.82) is 5.26 Å². The van der Waals surface area contributed by atoms with Gasteiger partial charge in [0.25, 0.3) is 5.56 Å². The number of aliphatic hydroxyl groups excluding tert-OH is 2. The third kappa shape index (κ3) is 1.96. The summed E-state index contributed by atoms with van der Waals surface area (Å²) in [7, 11) is 0. The maximum atomic E-state index is 11.8. The number of hydrogen-bond acceptors (Lipinski definition) is 6. The first-order valence-corrected chi connectivity index (χ1v) is 6.06. The number of aliphatic hydroxyl groups is 2. The van der Waals surface area contributed by atoms with Gasteiger partial charge in [0.05, 0.1) is 6.61 Å². The lowest BCUT2D eigenvalue weighted by atomic mass is 9.92. The van der Waals surface area contributed by atoms with E-state index in [1.807, 2.05) is 0 Å². The molecule has 1 aliphatic heterocycles. The van der Waals surface area contributed by atoms with Crippen LogP contribution < -0.4 is 11.2 Å². The van der Waals surface area contributed by atoms with E-state index in [1.54, 1.807) is 13.0 Å². The molecule has 8 nitrogen and oxygen atoms in total. The van der Waals surface area contributed by atoms with Gasteiger partial charge in [-0.25, -0.2) is 4.79 Å². The monoisotopic (exact) mass is 281 g/mol. The number of aromatic nitrogens is 2. The van der Waals surface area contributed by atoms with Crippen LogP contribution in [0.15, 0.2) is 15.8 Å². The third-order valence-electron chi connectivity index (χ3n) is 3.60. The fraction of sp³-hybridized carbons (Fsp3) is 0.583. The van der Waals surface area contributed by atoms with Gasteiger partial charge in [-0.1, -0.05) is 6.92 Å². The first-order chi connectivity index (χ1) is 9.36. The molecule has 1 fully saturated rings. The topological polar surface area (TPSA) is 128 Å². The summed E-state index contributed by atoms with van der Waals surface area (Å²) in [4.78, 5) is 25.3. The number of nitriles is 1. The Morgan fingerprint density at radius 2 is 2.25 bits per heavy atom. The summed E-state index contributed by atoms with van der Waals surface area (Å²) < 4.78 is 6.52. The van der Waals surface area contributed by atoms with Crippen molar-refractivity contribution in [3.8, 4) is 6.07 Å². The van der Waals surface area contributed by atoms with Crippen molar-refractivity contribution in [1.82, 2.24) is 9.55 Å². The number of hydrogen-bond donors (Lipinski definition) is 3. The van der Waals surface area contributed by atoms with Crippen molar-refractivity contribution in [2.24, 2.45) is 5.92 Å². The summed E-state index contributed by atoms with van der Waals surface area (Å²) in [6.07, 6.45) is -0.888. The van der Waals surface area contributed by atoms with Gasteiger partial charge in [-0.15, -0.1) is 0 Å². The number of nitrogens with one attached hydrogen (secondary N) is 1. The molecular formula is C12H15N3O5. The van der Waals surface area contributed by atoms with E-state index in [2.05, 4.69) is 4.98 Å². The molecule has 4 atom stereocenters. The molecular weight excluding hydrogens is 266 g/mol. The molecule has 2 rings (SSSR count). The van der Waals surface area contributed by atoms with Crippen molar-refractivity contribution in [3.63, 3.8) is 0 Å². The van der Waals surface area contributed by atoms with Gasteiger partial charge in [0, 0.05) is 17.7 Å². The van der Waals surface area contributed by atoms with Crippen molar-refractivity contribution < 1.29 is 14.9 Å². The normalized spacial score (nSPS) is 33.0. The molecule has 0 aromatic carbocycles. The quantitative estimate of drug-likeness (QED) is 0.613. The average Bonchev–Trinajstić information content (AvgIpc) is 2.68. The first kappa shape index (κ1) is 14.5. The fourth-order valence-electron chi connectivity index (χ4n) is 2.32. The molecule has 108 valence electrons. The molecule has 4 unspecified atom stereocenters. The predicted molar refractivity (Wildman–Crippen MR) is 66.8 cm³/mol. The van der Waals surface area contributed by atoms with Crippen molar-refractivity contribution in [3.05, 3.63) is 32.6 Å². The zero-order chi connectivity index (χ0) is 15.1. The van der Waals surface area contributed by atoms with E-state index >= 15 is 0 Å². The van der Waals surface area contributed by atoms with E-state index in [0.717, 1.165) is 4.57 Å². The largest absolute Gasteiger partial charge is 0.392 e. The zero-order valence-corrected chi connectivity index (χ0v) is 11.0. The smallest absolute Gasteiger partial charge is 0.330 e. The van der Waals surface area contributed by atoms with Gasteiger partial charge in [0.2, 0.25) is 5.60 Å². The second-order valence-electron chi connectivity index (χ2n) is 4.95. The minimum absolute atomic E-state index is 0.299. The number of aromatic amines is 1. The van der Waals surface area contributed by atoms with Crippen LogP contribution >= 0.6 is 0 Å². The van der Waals surface area contributed by atoms with Crippen LogP contribution in [0.1, 0.15) is 18.7 Å². The molecule has 2 heterocycles. The van der Waals surface area contributed by atoms with Gasteiger partial charge in [-0.2, -0.15) is 5.26 Å². The molecule has 8 heteroatoms. The van der Waals surface area contributed by atoms with E-state index in [9.17, 15) is 19.8 Å². The van der Waals surface area contributed by atoms with Gasteiger partial charge in [0.1, 0.15) is 18.4 Å². The highest BCUT2D eigenvalue weighted by Gasteiger charge is 2.54. The first-order valence-electron chi connectivity index (χ1n) is 6.06. The van der Waals surface area contributed by atoms with Gasteiger partial charge in [0.15, 0.2) is 0 Å². The molecule has 0 amide bonds. The summed E-state index contributed by atoms with van der Waals surface area (Å²) in [6.45, 7) is 2.42. The Bertz CT molecular complexity index is 673. The van der Waals surface area contributed by atoms with Crippen molar-refractivity contribution >= 4 is 0 Å². The van der Waals surface area contributed by atoms with Crippen LogP contribution in [-0.2, 0) is 4.74 Å². The molecule has 0 bridgehead atoms. The Hall–Kier alpha value is -1.95. The molecule has 0 radical (unpaired) electrons. The van der Waals surface area contributed by atoms with Crippen LogP contribution in [0.5, 0.6) is 0 Å². The Morgan fingerprint density at radius 1 is 1.60 bits per heavy atom. The van der Waals surface area contributed by atoms with Crippen LogP contribution in [0.4, 0.5) is 0 Å². The second-order valence-corrected chi connectivity index (χ2v) is 4.95. The number of aryl methyl sites for hydroxylation is 1. The molecule has 20 heavy (non-hydrogen) atoms. The van der Waals surface area contributed by atoms with Crippen molar-refractivity contribution in [2.75, 3.05) is 6.61 Å². The lowest BCUT2D eigenvalue weighted by Gasteiger charge is -2.21. The van der Waals surface area contributed by atoms with E-state index in [-0.39, 0.29) is 0 Å². The lowest BCUT2D eigenvalue weighted by Crippen LogP contribution is -2.43. The van der Waals surface area contributed by atoms with Gasteiger partial charge >= 0.3 is 5.69 Å². The molecule has 0 spiro atoms. The minimum atomic E-state index is -1.77. The van der Waals surface area contributed by atoms with Crippen LogP contribution in [0.2, 0.25) is 0 Å². The molecule has 1 aliphatic rings. The van der Waals surface area contributed by atoms with Gasteiger partial charge < -0.3 is 14.9 Å². The summed E-state index contributed by atoms with van der Waals surface area (Å²) >= 11 is 0. The number of H-pyrrole nitrogens is 1. The summed E-state index contributed by atoms with van der Waals surface area (Å²) in [5.41, 5.74) is -2.68. The third-order valence-corrected chi connectivity index (χ3v) is 3.60. The maximum absolute atomic E-state index is 11.8. The summed E-state index contributed by atoms with van der Waals surface area (Å²) in [5.74, 6) is -0.607. The van der Waals surface area contributed by atoms with E-state index in [4.69, 9.17) is 10.00 Å². The Morgan fingerprint density at radius 3 is 2.75 bits per heavy atom. The molecule has 1 aromatic rings. The Labute approximate surface area is 113 Å². The number of rotatable bonds is 2. The average molecular weight is 281 g/mol. The minimum Gasteiger partial charge on any atom is -0.392 e. The zero-order valence-electron chi connectivity index (χ0n) is 11.0. The molecule has 1 aromatic heterocycles. The highest BCUT2D eigenvalue weighted by Crippen LogP contribution is 2.40. The molecule has 1 saturated heterocycles. The van der Waals surface area contributed by atoms with Gasteiger partial charge in [-0.05, 0) is 6.92 Å². The van der Waals surface area contributed by atoms with Gasteiger partial charge in [-0.3, -0.25) is 14.3 Å². The molecule has 0 aliphatic carbocycles. The highest BCUT2D eigenvalue weighted by atomic mass is 16.6. The lowest BCUT2D eigenvalue weighted by molar-refractivity contribution is -0.0932. The predicted octanol–water partition coefficient (Wildman–Crippen LogP) is -1.37. The van der Waals surface area contributed by atoms with Crippen LogP contribution in [0.25, 0.3) is 0 Å². The van der Waals surface area contributed by atoms with E-state index in [1.165, 1.54) is 13.1 Å². The van der Waals surface area contributed by atoms with E-state index in [0.29, 0.717) is 5.56 Å². The van der Waals surface area contributed by atoms with Crippen LogP contribution in [0.3, 0.4) is 0 Å². The van der Waals surface area contributed by atoms with Crippen molar-refractivity contribution in [2.45, 2.75) is 31.8 Å². The Balaban J connectivity index is 2.51. The number of ether oxygens (including phenoxy) is 1. The SMILES string of the molecule is Cc1cn(C2OC(C#N)(CO)C(O)C2C)c(=O)[nH]c1=O. The Kier molecular flexibility index (Phi) is 3.52. The molecule has 3 N–H and O–H groups in total. The standard InChI is InChI=1S/C12H15N3O5/c1-6-3-15(11(19)14-9(6)18)10-7(2)8(17)12(4-13,5-16)20-10/h3,7-8,10,16-17H,5H2,1-2H3,(H,14,18,19). The highest BCUT2D eigenvalue weighted by molar-refractivity contribution is 5.13. The fourth-order valence-corrected chi connectivity index (χ4v) is 2.32. The van der Waals surface area contributed by atoms with Crippen LogP contribution in [-0.4, -0.2) is 38.1 Å². The maximum Gasteiger partial charge on any atom is 0.330 e. The van der Waals surface area contributed by atoms with E-state index < -0.39 is 41.7 Å².